The monoisotopic (exact) mass is 371 g/mol. The fraction of sp³-hybridized carbons (Fsp3) is 0.471. The summed E-state index contributed by atoms with van der Waals surface area (Å²) >= 11 is 0. The molecule has 10 nitrogen and oxygen atoms in total. The minimum Gasteiger partial charge on any atom is -0.448 e. The molecule has 4 heterocycles. The number of aryl methyl sites for hydroxylation is 1. The zero-order chi connectivity index (χ0) is 18.8. The molecule has 0 unspecified atom stereocenters. The first-order chi connectivity index (χ1) is 13.1. The van der Waals surface area contributed by atoms with Crippen molar-refractivity contribution in [1.29, 1.82) is 0 Å². The lowest BCUT2D eigenvalue weighted by molar-refractivity contribution is -0.132. The Labute approximate surface area is 156 Å². The second-order valence-corrected chi connectivity index (χ2v) is 6.54. The van der Waals surface area contributed by atoms with Gasteiger partial charge < -0.3 is 14.5 Å². The van der Waals surface area contributed by atoms with E-state index in [1.54, 1.807) is 9.58 Å². The van der Waals surface area contributed by atoms with Crippen molar-refractivity contribution >= 4 is 17.8 Å². The number of piperazine rings is 1. The van der Waals surface area contributed by atoms with Gasteiger partial charge in [-0.1, -0.05) is 0 Å². The minimum atomic E-state index is -0.413. The smallest absolute Gasteiger partial charge is 0.410 e. The van der Waals surface area contributed by atoms with Crippen LogP contribution in [-0.2, 0) is 9.53 Å². The predicted octanol–water partition coefficient (Wildman–Crippen LogP) is 0.0715. The minimum absolute atomic E-state index is 0.0520. The first-order valence-corrected chi connectivity index (χ1v) is 8.89. The molecule has 2 aromatic rings. The number of hydrogen-bond acceptors (Lipinski definition) is 7. The molecule has 2 amide bonds. The van der Waals surface area contributed by atoms with Crippen molar-refractivity contribution in [1.82, 2.24) is 29.5 Å². The average Bonchev–Trinajstić information content (AvgIpc) is 3.30. The Morgan fingerprint density at radius 2 is 1.93 bits per heavy atom. The van der Waals surface area contributed by atoms with E-state index >= 15 is 0 Å². The van der Waals surface area contributed by atoms with Crippen molar-refractivity contribution in [2.75, 3.05) is 50.8 Å². The van der Waals surface area contributed by atoms with Gasteiger partial charge in [0.25, 0.3) is 0 Å². The first kappa shape index (κ1) is 17.3. The normalized spacial score (nSPS) is 17.4. The lowest BCUT2D eigenvalue weighted by Crippen LogP contribution is -2.51. The number of rotatable bonds is 4. The molecule has 2 aliphatic heterocycles. The van der Waals surface area contributed by atoms with Crippen LogP contribution in [0.3, 0.4) is 0 Å². The second kappa shape index (κ2) is 7.22. The maximum atomic E-state index is 12.4. The summed E-state index contributed by atoms with van der Waals surface area (Å²) < 4.78 is 6.58. The van der Waals surface area contributed by atoms with Crippen molar-refractivity contribution in [2.24, 2.45) is 0 Å². The van der Waals surface area contributed by atoms with Crippen molar-refractivity contribution in [3.8, 4) is 5.82 Å². The van der Waals surface area contributed by atoms with Gasteiger partial charge in [0.1, 0.15) is 25.3 Å². The molecule has 2 aliphatic rings. The fourth-order valence-corrected chi connectivity index (χ4v) is 3.20. The number of hydrogen-bond donors (Lipinski definition) is 0. The summed E-state index contributed by atoms with van der Waals surface area (Å²) in [6.45, 7) is 5.35. The molecule has 0 spiro atoms. The molecule has 27 heavy (non-hydrogen) atoms. The maximum Gasteiger partial charge on any atom is 0.410 e. The van der Waals surface area contributed by atoms with Crippen LogP contribution in [0.15, 0.2) is 24.7 Å². The van der Waals surface area contributed by atoms with Gasteiger partial charge in [-0.15, -0.1) is 0 Å². The van der Waals surface area contributed by atoms with Crippen LogP contribution in [0.1, 0.15) is 5.69 Å². The summed E-state index contributed by atoms with van der Waals surface area (Å²) in [5.74, 6) is 1.46. The van der Waals surface area contributed by atoms with Gasteiger partial charge in [-0.25, -0.2) is 19.4 Å². The molecular formula is C17H21N7O3. The van der Waals surface area contributed by atoms with Gasteiger partial charge in [-0.2, -0.15) is 5.10 Å². The predicted molar refractivity (Wildman–Crippen MR) is 95.6 cm³/mol. The zero-order valence-electron chi connectivity index (χ0n) is 15.1. The molecule has 0 saturated carbocycles. The van der Waals surface area contributed by atoms with Gasteiger partial charge in [-0.05, 0) is 13.0 Å². The van der Waals surface area contributed by atoms with E-state index < -0.39 is 6.09 Å². The number of ether oxygens (including phenoxy) is 1. The van der Waals surface area contributed by atoms with Crippen LogP contribution in [0, 0.1) is 6.92 Å². The third-order valence-electron chi connectivity index (χ3n) is 4.72. The van der Waals surface area contributed by atoms with Crippen LogP contribution in [-0.4, -0.2) is 87.4 Å². The van der Waals surface area contributed by atoms with Crippen LogP contribution >= 0.6 is 0 Å². The quantitative estimate of drug-likeness (QED) is 0.750. The van der Waals surface area contributed by atoms with Crippen LogP contribution in [0.25, 0.3) is 5.82 Å². The molecule has 0 radical (unpaired) electrons. The summed E-state index contributed by atoms with van der Waals surface area (Å²) in [6, 6.07) is 3.81. The largest absolute Gasteiger partial charge is 0.448 e. The number of amides is 2. The van der Waals surface area contributed by atoms with Crippen molar-refractivity contribution in [3.05, 3.63) is 30.4 Å². The molecule has 0 atom stereocenters. The van der Waals surface area contributed by atoms with E-state index in [4.69, 9.17) is 4.74 Å². The van der Waals surface area contributed by atoms with Gasteiger partial charge in [0.2, 0.25) is 5.91 Å². The highest BCUT2D eigenvalue weighted by atomic mass is 16.6. The Bertz CT molecular complexity index is 845. The lowest BCUT2D eigenvalue weighted by atomic mass is 10.3. The van der Waals surface area contributed by atoms with E-state index in [0.717, 1.165) is 11.5 Å². The Morgan fingerprint density at radius 1 is 1.15 bits per heavy atom. The van der Waals surface area contributed by atoms with Crippen molar-refractivity contribution < 1.29 is 14.3 Å². The van der Waals surface area contributed by atoms with Crippen molar-refractivity contribution in [2.45, 2.75) is 6.92 Å². The highest BCUT2D eigenvalue weighted by Gasteiger charge is 2.28. The number of carbonyl (C=O) groups is 2. The maximum absolute atomic E-state index is 12.4. The topological polar surface area (TPSA) is 96.7 Å². The third kappa shape index (κ3) is 3.69. The number of nitrogens with zero attached hydrogens (tertiary/aromatic N) is 7. The Hall–Kier alpha value is -3.17. The zero-order valence-corrected chi connectivity index (χ0v) is 15.1. The van der Waals surface area contributed by atoms with E-state index in [1.807, 2.05) is 25.3 Å². The molecule has 0 bridgehead atoms. The standard InChI is InChI=1S/C17H21N7O3/c1-13-2-3-24(20-13)15-10-14(18-12-19-15)21-4-6-22(7-5-21)16(25)11-23-8-9-27-17(23)26/h2-3,10,12H,4-9,11H2,1H3. The summed E-state index contributed by atoms with van der Waals surface area (Å²) in [6.07, 6.45) is 2.98. The van der Waals surface area contributed by atoms with Gasteiger partial charge in [-0.3, -0.25) is 9.69 Å². The average molecular weight is 371 g/mol. The summed E-state index contributed by atoms with van der Waals surface area (Å²) in [7, 11) is 0. The van der Waals surface area contributed by atoms with Crippen LogP contribution < -0.4 is 4.90 Å². The van der Waals surface area contributed by atoms with Crippen molar-refractivity contribution in [3.63, 3.8) is 0 Å². The lowest BCUT2D eigenvalue weighted by Gasteiger charge is -2.35. The first-order valence-electron chi connectivity index (χ1n) is 8.89. The molecule has 142 valence electrons. The number of carbonyl (C=O) groups excluding carboxylic acids is 2. The SMILES string of the molecule is Cc1ccn(-c2cc(N3CCN(C(=O)CN4CCOC4=O)CC3)ncn2)n1. The van der Waals surface area contributed by atoms with Crippen LogP contribution in [0.2, 0.25) is 0 Å². The molecule has 0 aliphatic carbocycles. The van der Waals surface area contributed by atoms with E-state index in [1.165, 1.54) is 11.2 Å². The number of cyclic esters (lactones) is 1. The molecule has 2 saturated heterocycles. The van der Waals surface area contributed by atoms with E-state index in [2.05, 4.69) is 20.0 Å². The van der Waals surface area contributed by atoms with Crippen LogP contribution in [0.4, 0.5) is 10.6 Å². The van der Waals surface area contributed by atoms with Gasteiger partial charge in [0, 0.05) is 38.4 Å². The molecule has 0 aromatic carbocycles. The molecule has 2 fully saturated rings. The van der Waals surface area contributed by atoms with Gasteiger partial charge in [0.05, 0.1) is 12.2 Å². The Balaban J connectivity index is 1.36. The van der Waals surface area contributed by atoms with Gasteiger partial charge in [0.15, 0.2) is 5.82 Å². The molecule has 2 aromatic heterocycles. The Morgan fingerprint density at radius 3 is 2.59 bits per heavy atom. The molecule has 10 heteroatoms. The molecular weight excluding hydrogens is 350 g/mol. The fourth-order valence-electron chi connectivity index (χ4n) is 3.20. The highest BCUT2D eigenvalue weighted by Crippen LogP contribution is 2.16. The molecule has 4 rings (SSSR count). The summed E-state index contributed by atoms with van der Waals surface area (Å²) in [4.78, 5) is 37.9. The van der Waals surface area contributed by atoms with Gasteiger partial charge >= 0.3 is 6.09 Å². The van der Waals surface area contributed by atoms with E-state index in [9.17, 15) is 9.59 Å². The highest BCUT2D eigenvalue weighted by molar-refractivity contribution is 5.83. The Kier molecular flexibility index (Phi) is 4.61. The van der Waals surface area contributed by atoms with Crippen LogP contribution in [0.5, 0.6) is 0 Å². The number of aromatic nitrogens is 4. The van der Waals surface area contributed by atoms with E-state index in [0.29, 0.717) is 45.1 Å². The van der Waals surface area contributed by atoms with E-state index in [-0.39, 0.29) is 12.5 Å². The summed E-state index contributed by atoms with van der Waals surface area (Å²) in [5.41, 5.74) is 0.921. The summed E-state index contributed by atoms with van der Waals surface area (Å²) in [5, 5.41) is 4.37. The molecule has 0 N–H and O–H groups in total. The second-order valence-electron chi connectivity index (χ2n) is 6.54. The third-order valence-corrected chi connectivity index (χ3v) is 4.72. The number of anilines is 1.